The Labute approximate surface area is 138 Å². The zero-order chi connectivity index (χ0) is 14.0. The van der Waals surface area contributed by atoms with E-state index in [1.165, 1.54) is 19.1 Å². The van der Waals surface area contributed by atoms with Gasteiger partial charge < -0.3 is 10.6 Å². The number of aliphatic imine (C=N–C) groups is 1. The van der Waals surface area contributed by atoms with Gasteiger partial charge >= 0.3 is 0 Å². The summed E-state index contributed by atoms with van der Waals surface area (Å²) < 4.78 is 24.4. The lowest BCUT2D eigenvalue weighted by atomic mass is 9.98. The van der Waals surface area contributed by atoms with Crippen molar-refractivity contribution in [3.8, 4) is 0 Å². The van der Waals surface area contributed by atoms with Crippen molar-refractivity contribution in [2.45, 2.75) is 31.7 Å². The molecule has 2 aliphatic rings. The summed E-state index contributed by atoms with van der Waals surface area (Å²) in [6, 6.07) is 0.579. The van der Waals surface area contributed by atoms with Crippen LogP contribution in [-0.4, -0.2) is 62.6 Å². The van der Waals surface area contributed by atoms with Crippen molar-refractivity contribution < 1.29 is 8.42 Å². The summed E-state index contributed by atoms with van der Waals surface area (Å²) in [5.41, 5.74) is 5.94. The average molecular weight is 416 g/mol. The van der Waals surface area contributed by atoms with Crippen LogP contribution in [0.2, 0.25) is 0 Å². The largest absolute Gasteiger partial charge is 0.370 e. The Balaban J connectivity index is 0.00000200. The van der Waals surface area contributed by atoms with Gasteiger partial charge in [-0.2, -0.15) is 0 Å². The van der Waals surface area contributed by atoms with Crippen molar-refractivity contribution >= 4 is 40.0 Å². The number of sulfonamides is 1. The first-order chi connectivity index (χ1) is 8.88. The van der Waals surface area contributed by atoms with Gasteiger partial charge in [0.05, 0.1) is 6.26 Å². The molecular formula is C12H25IN4O2S. The van der Waals surface area contributed by atoms with Crippen LogP contribution < -0.4 is 5.73 Å². The van der Waals surface area contributed by atoms with Crippen LogP contribution in [0.3, 0.4) is 0 Å². The lowest BCUT2D eigenvalue weighted by Crippen LogP contribution is -2.39. The highest BCUT2D eigenvalue weighted by molar-refractivity contribution is 14.0. The predicted octanol–water partition coefficient (Wildman–Crippen LogP) is 0.685. The summed E-state index contributed by atoms with van der Waals surface area (Å²) in [5.74, 6) is 1.07. The van der Waals surface area contributed by atoms with E-state index in [2.05, 4.69) is 4.99 Å². The second-order valence-corrected chi connectivity index (χ2v) is 7.63. The van der Waals surface area contributed by atoms with E-state index >= 15 is 0 Å². The number of rotatable bonds is 4. The zero-order valence-electron chi connectivity index (χ0n) is 12.2. The van der Waals surface area contributed by atoms with Crippen molar-refractivity contribution in [2.75, 3.05) is 32.9 Å². The molecule has 0 aromatic rings. The summed E-state index contributed by atoms with van der Waals surface area (Å²) in [6.07, 6.45) is 5.43. The van der Waals surface area contributed by atoms with Gasteiger partial charge in [-0.05, 0) is 31.6 Å². The third-order valence-corrected chi connectivity index (χ3v) is 5.31. The molecule has 0 spiro atoms. The first-order valence-electron chi connectivity index (χ1n) is 6.86. The Morgan fingerprint density at radius 1 is 1.30 bits per heavy atom. The molecule has 20 heavy (non-hydrogen) atoms. The molecule has 8 heteroatoms. The van der Waals surface area contributed by atoms with E-state index in [1.807, 2.05) is 11.9 Å². The maximum absolute atomic E-state index is 11.4. The van der Waals surface area contributed by atoms with Gasteiger partial charge in [-0.25, -0.2) is 12.7 Å². The summed E-state index contributed by atoms with van der Waals surface area (Å²) in [6.45, 7) is 1.93. The summed E-state index contributed by atoms with van der Waals surface area (Å²) in [5, 5.41) is 0. The van der Waals surface area contributed by atoms with Gasteiger partial charge in [-0.3, -0.25) is 4.99 Å². The van der Waals surface area contributed by atoms with Crippen LogP contribution in [0.5, 0.6) is 0 Å². The van der Waals surface area contributed by atoms with Crippen LogP contribution in [0, 0.1) is 5.92 Å². The second-order valence-electron chi connectivity index (χ2n) is 5.65. The molecule has 1 heterocycles. The molecule has 0 radical (unpaired) electrons. The Kier molecular flexibility index (Phi) is 6.52. The molecule has 0 bridgehead atoms. The molecule has 0 atom stereocenters. The third-order valence-electron chi connectivity index (χ3n) is 4.01. The third kappa shape index (κ3) is 5.03. The van der Waals surface area contributed by atoms with E-state index in [9.17, 15) is 8.42 Å². The summed E-state index contributed by atoms with van der Waals surface area (Å²) >= 11 is 0. The van der Waals surface area contributed by atoms with Gasteiger partial charge in [0.15, 0.2) is 5.96 Å². The number of hydrogen-bond acceptors (Lipinski definition) is 3. The van der Waals surface area contributed by atoms with E-state index in [0.717, 1.165) is 12.8 Å². The van der Waals surface area contributed by atoms with E-state index < -0.39 is 10.0 Å². The van der Waals surface area contributed by atoms with Crippen molar-refractivity contribution in [3.05, 3.63) is 0 Å². The Bertz CT molecular complexity index is 442. The molecule has 1 saturated carbocycles. The number of nitrogens with two attached hydrogens (primary N) is 1. The predicted molar refractivity (Wildman–Crippen MR) is 91.8 cm³/mol. The summed E-state index contributed by atoms with van der Waals surface area (Å²) in [4.78, 5) is 6.50. The van der Waals surface area contributed by atoms with Gasteiger partial charge in [0.25, 0.3) is 0 Å². The lowest BCUT2D eigenvalue weighted by molar-refractivity contribution is 0.279. The first kappa shape index (κ1) is 18.0. The van der Waals surface area contributed by atoms with E-state index in [0.29, 0.717) is 37.6 Å². The normalized spacial score (nSPS) is 22.4. The molecule has 118 valence electrons. The maximum Gasteiger partial charge on any atom is 0.211 e. The van der Waals surface area contributed by atoms with E-state index in [1.54, 1.807) is 4.31 Å². The fraction of sp³-hybridized carbons (Fsp3) is 0.917. The molecule has 0 aromatic carbocycles. The van der Waals surface area contributed by atoms with E-state index in [4.69, 9.17) is 5.73 Å². The SMILES string of the molecule is CN(C(N)=NCC1CCN(S(C)(=O)=O)CC1)C1CC1.I. The number of halogens is 1. The van der Waals surface area contributed by atoms with Gasteiger partial charge in [0, 0.05) is 32.7 Å². The highest BCUT2D eigenvalue weighted by Crippen LogP contribution is 2.25. The first-order valence-corrected chi connectivity index (χ1v) is 8.70. The van der Waals surface area contributed by atoms with Crippen LogP contribution in [0.4, 0.5) is 0 Å². The van der Waals surface area contributed by atoms with Gasteiger partial charge in [0.1, 0.15) is 0 Å². The van der Waals surface area contributed by atoms with Crippen molar-refractivity contribution in [1.82, 2.24) is 9.21 Å². The van der Waals surface area contributed by atoms with Crippen LogP contribution in [0.15, 0.2) is 4.99 Å². The molecule has 0 amide bonds. The highest BCUT2D eigenvalue weighted by Gasteiger charge is 2.28. The molecule has 2 N–H and O–H groups in total. The maximum atomic E-state index is 11.4. The topological polar surface area (TPSA) is 79.0 Å². The number of hydrogen-bond donors (Lipinski definition) is 1. The molecule has 1 saturated heterocycles. The second kappa shape index (κ2) is 7.26. The number of nitrogens with zero attached hydrogens (tertiary/aromatic N) is 3. The van der Waals surface area contributed by atoms with Crippen molar-refractivity contribution in [2.24, 2.45) is 16.6 Å². The quantitative estimate of drug-likeness (QED) is 0.416. The van der Waals surface area contributed by atoms with Crippen LogP contribution >= 0.6 is 24.0 Å². The standard InChI is InChI=1S/C12H24N4O2S.HI/c1-15(11-3-4-11)12(13)14-9-10-5-7-16(8-6-10)19(2,17)18;/h10-11H,3-9H2,1-2H3,(H2,13,14);1H. The Morgan fingerprint density at radius 2 is 1.85 bits per heavy atom. The van der Waals surface area contributed by atoms with Gasteiger partial charge in [0.2, 0.25) is 10.0 Å². The van der Waals surface area contributed by atoms with Crippen LogP contribution in [0.25, 0.3) is 0 Å². The highest BCUT2D eigenvalue weighted by atomic mass is 127. The fourth-order valence-corrected chi connectivity index (χ4v) is 3.28. The fourth-order valence-electron chi connectivity index (χ4n) is 2.41. The van der Waals surface area contributed by atoms with Gasteiger partial charge in [-0.1, -0.05) is 0 Å². The molecule has 6 nitrogen and oxygen atoms in total. The molecule has 2 rings (SSSR count). The summed E-state index contributed by atoms with van der Waals surface area (Å²) in [7, 11) is -1.04. The van der Waals surface area contributed by atoms with E-state index in [-0.39, 0.29) is 24.0 Å². The molecular weight excluding hydrogens is 391 g/mol. The van der Waals surface area contributed by atoms with Gasteiger partial charge in [-0.15, -0.1) is 24.0 Å². The van der Waals surface area contributed by atoms with Crippen molar-refractivity contribution in [3.63, 3.8) is 0 Å². The van der Waals surface area contributed by atoms with Crippen LogP contribution in [-0.2, 0) is 10.0 Å². The molecule has 0 aromatic heterocycles. The lowest BCUT2D eigenvalue weighted by Gasteiger charge is -2.29. The van der Waals surface area contributed by atoms with Crippen molar-refractivity contribution in [1.29, 1.82) is 0 Å². The monoisotopic (exact) mass is 416 g/mol. The minimum absolute atomic E-state index is 0. The Morgan fingerprint density at radius 3 is 2.30 bits per heavy atom. The Hall–Kier alpha value is -0.0900. The zero-order valence-corrected chi connectivity index (χ0v) is 15.3. The molecule has 0 unspecified atom stereocenters. The van der Waals surface area contributed by atoms with Crippen LogP contribution in [0.1, 0.15) is 25.7 Å². The molecule has 2 fully saturated rings. The average Bonchev–Trinajstić information content (AvgIpc) is 3.18. The smallest absolute Gasteiger partial charge is 0.211 e. The minimum Gasteiger partial charge on any atom is -0.370 e. The molecule has 1 aliphatic carbocycles. The minimum atomic E-state index is -3.03. The number of piperidine rings is 1. The number of guanidine groups is 1. The molecule has 1 aliphatic heterocycles.